The van der Waals surface area contributed by atoms with Crippen LogP contribution in [-0.4, -0.2) is 52.4 Å². The van der Waals surface area contributed by atoms with Gasteiger partial charge in [-0.3, -0.25) is 9.59 Å². The normalized spacial score (nSPS) is 10.4. The minimum atomic E-state index is -0.254. The van der Waals surface area contributed by atoms with Crippen LogP contribution in [0.15, 0.2) is 18.2 Å². The molecule has 0 bridgehead atoms. The van der Waals surface area contributed by atoms with Gasteiger partial charge in [0, 0.05) is 46.3 Å². The summed E-state index contributed by atoms with van der Waals surface area (Å²) in [5.74, 6) is 0.395. The number of methoxy groups -OCH3 is 2. The first-order valence-electron chi connectivity index (χ1n) is 9.30. The van der Waals surface area contributed by atoms with Gasteiger partial charge in [0.15, 0.2) is 0 Å². The molecule has 0 aliphatic carbocycles. The van der Waals surface area contributed by atoms with Crippen LogP contribution in [-0.2, 0) is 19.1 Å². The predicted octanol–water partition coefficient (Wildman–Crippen LogP) is 3.23. The first-order chi connectivity index (χ1) is 13.0. The van der Waals surface area contributed by atoms with Crippen molar-refractivity contribution >= 4 is 23.3 Å². The topological polar surface area (TPSA) is 77.1 Å². The van der Waals surface area contributed by atoms with Crippen LogP contribution in [0.25, 0.3) is 0 Å². The minimum absolute atomic E-state index is 0.112. The van der Waals surface area contributed by atoms with Crippen LogP contribution in [0.5, 0.6) is 5.75 Å². The Kier molecular flexibility index (Phi) is 10.9. The van der Waals surface area contributed by atoms with Gasteiger partial charge in [0.2, 0.25) is 5.91 Å². The molecule has 0 spiro atoms. The van der Waals surface area contributed by atoms with Gasteiger partial charge in [-0.25, -0.2) is 0 Å². The number of amides is 1. The highest BCUT2D eigenvalue weighted by Crippen LogP contribution is 2.32. The summed E-state index contributed by atoms with van der Waals surface area (Å²) in [5, 5.41) is 2.82. The monoisotopic (exact) mass is 380 g/mol. The van der Waals surface area contributed by atoms with Gasteiger partial charge >= 0.3 is 5.97 Å². The Morgan fingerprint density at radius 1 is 1.00 bits per heavy atom. The van der Waals surface area contributed by atoms with Crippen LogP contribution in [0, 0.1) is 0 Å². The number of ether oxygens (including phenoxy) is 3. The summed E-state index contributed by atoms with van der Waals surface area (Å²) in [6, 6.07) is 5.62. The molecule has 0 radical (unpaired) electrons. The van der Waals surface area contributed by atoms with Crippen molar-refractivity contribution in [3.8, 4) is 5.75 Å². The smallest absolute Gasteiger partial charge is 0.302 e. The molecule has 0 fully saturated rings. The number of benzene rings is 1. The number of carbonyl (C=O) groups is 2. The number of hydrogen-bond donors (Lipinski definition) is 1. The quantitative estimate of drug-likeness (QED) is 0.418. The Hall–Kier alpha value is -2.28. The van der Waals surface area contributed by atoms with Crippen molar-refractivity contribution in [2.24, 2.45) is 0 Å². The molecular weight excluding hydrogens is 348 g/mol. The molecule has 1 aromatic carbocycles. The van der Waals surface area contributed by atoms with Gasteiger partial charge in [0.05, 0.1) is 19.4 Å². The molecule has 0 saturated heterocycles. The van der Waals surface area contributed by atoms with E-state index < -0.39 is 0 Å². The summed E-state index contributed by atoms with van der Waals surface area (Å²) in [5.41, 5.74) is 1.67. The SMILES string of the molecule is COCCCCN(CCCCOC(C)=O)c1cc(NC(C)=O)ccc1OC. The van der Waals surface area contributed by atoms with E-state index in [1.807, 2.05) is 18.2 Å². The van der Waals surface area contributed by atoms with Crippen LogP contribution in [0.1, 0.15) is 39.5 Å². The number of carbonyl (C=O) groups excluding carboxylic acids is 2. The molecule has 27 heavy (non-hydrogen) atoms. The van der Waals surface area contributed by atoms with Gasteiger partial charge in [-0.15, -0.1) is 0 Å². The predicted molar refractivity (Wildman–Crippen MR) is 106 cm³/mol. The Morgan fingerprint density at radius 2 is 1.67 bits per heavy atom. The fourth-order valence-corrected chi connectivity index (χ4v) is 2.74. The number of anilines is 2. The van der Waals surface area contributed by atoms with Crippen LogP contribution >= 0.6 is 0 Å². The highest BCUT2D eigenvalue weighted by molar-refractivity contribution is 5.89. The Morgan fingerprint density at radius 3 is 2.22 bits per heavy atom. The van der Waals surface area contributed by atoms with Crippen molar-refractivity contribution in [3.63, 3.8) is 0 Å². The van der Waals surface area contributed by atoms with Crippen molar-refractivity contribution in [3.05, 3.63) is 18.2 Å². The van der Waals surface area contributed by atoms with E-state index in [1.54, 1.807) is 14.2 Å². The highest BCUT2D eigenvalue weighted by Gasteiger charge is 2.13. The van der Waals surface area contributed by atoms with E-state index in [0.717, 1.165) is 62.5 Å². The second-order valence-corrected chi connectivity index (χ2v) is 6.30. The second-order valence-electron chi connectivity index (χ2n) is 6.30. The fraction of sp³-hybridized carbons (Fsp3) is 0.600. The second kappa shape index (κ2) is 13.0. The van der Waals surface area contributed by atoms with Crippen molar-refractivity contribution in [2.75, 3.05) is 50.7 Å². The average molecular weight is 380 g/mol. The largest absolute Gasteiger partial charge is 0.495 e. The van der Waals surface area contributed by atoms with Gasteiger partial charge in [-0.1, -0.05) is 0 Å². The summed E-state index contributed by atoms with van der Waals surface area (Å²) >= 11 is 0. The van der Waals surface area contributed by atoms with Crippen molar-refractivity contribution in [2.45, 2.75) is 39.5 Å². The molecule has 7 nitrogen and oxygen atoms in total. The maximum Gasteiger partial charge on any atom is 0.302 e. The zero-order valence-corrected chi connectivity index (χ0v) is 16.9. The lowest BCUT2D eigenvalue weighted by molar-refractivity contribution is -0.141. The standard InChI is InChI=1S/C20H32N2O5/c1-16(23)21-18-9-10-20(26-4)19(15-18)22(11-5-7-13-25-3)12-6-8-14-27-17(2)24/h9-10,15H,5-8,11-14H2,1-4H3,(H,21,23). The maximum atomic E-state index is 11.4. The van der Waals surface area contributed by atoms with Crippen molar-refractivity contribution in [1.82, 2.24) is 0 Å². The van der Waals surface area contributed by atoms with E-state index in [4.69, 9.17) is 14.2 Å². The van der Waals surface area contributed by atoms with Crippen molar-refractivity contribution in [1.29, 1.82) is 0 Å². The van der Waals surface area contributed by atoms with Crippen LogP contribution in [0.3, 0.4) is 0 Å². The lowest BCUT2D eigenvalue weighted by Gasteiger charge is -2.27. The molecule has 0 heterocycles. The van der Waals surface area contributed by atoms with Crippen molar-refractivity contribution < 1.29 is 23.8 Å². The molecule has 1 rings (SSSR count). The molecule has 7 heteroatoms. The number of hydrogen-bond acceptors (Lipinski definition) is 6. The molecule has 0 aromatic heterocycles. The van der Waals surface area contributed by atoms with Gasteiger partial charge in [0.1, 0.15) is 5.75 Å². The Balaban J connectivity index is 2.84. The lowest BCUT2D eigenvalue weighted by Crippen LogP contribution is -2.27. The van der Waals surface area contributed by atoms with E-state index in [-0.39, 0.29) is 11.9 Å². The average Bonchev–Trinajstić information content (AvgIpc) is 2.62. The Labute approximate surface area is 162 Å². The van der Waals surface area contributed by atoms with Gasteiger partial charge in [-0.2, -0.15) is 0 Å². The summed E-state index contributed by atoms with van der Waals surface area (Å²) < 4.78 is 15.7. The molecular formula is C20H32N2O5. The first kappa shape index (κ1) is 22.8. The number of nitrogens with zero attached hydrogens (tertiary/aromatic N) is 1. The van der Waals surface area contributed by atoms with Gasteiger partial charge < -0.3 is 24.4 Å². The molecule has 0 aliphatic rings. The molecule has 152 valence electrons. The zero-order valence-electron chi connectivity index (χ0n) is 16.9. The molecule has 0 atom stereocenters. The van der Waals surface area contributed by atoms with Crippen LogP contribution < -0.4 is 15.0 Å². The summed E-state index contributed by atoms with van der Waals surface area (Å²) in [6.07, 6.45) is 3.62. The summed E-state index contributed by atoms with van der Waals surface area (Å²) in [7, 11) is 3.34. The van der Waals surface area contributed by atoms with E-state index in [9.17, 15) is 9.59 Å². The first-order valence-corrected chi connectivity index (χ1v) is 9.30. The molecule has 1 aromatic rings. The maximum absolute atomic E-state index is 11.4. The third-order valence-corrected chi connectivity index (χ3v) is 3.99. The zero-order chi connectivity index (χ0) is 20.1. The molecule has 1 amide bonds. The molecule has 0 unspecified atom stereocenters. The van der Waals surface area contributed by atoms with E-state index in [0.29, 0.717) is 6.61 Å². The van der Waals surface area contributed by atoms with E-state index in [2.05, 4.69) is 10.2 Å². The molecule has 1 N–H and O–H groups in total. The number of unbranched alkanes of at least 4 members (excludes halogenated alkanes) is 2. The molecule has 0 saturated carbocycles. The van der Waals surface area contributed by atoms with Gasteiger partial charge in [-0.05, 0) is 43.9 Å². The Bertz CT molecular complexity index is 592. The highest BCUT2D eigenvalue weighted by atomic mass is 16.5. The number of esters is 1. The summed E-state index contributed by atoms with van der Waals surface area (Å²) in [6.45, 7) is 5.70. The molecule has 0 aliphatic heterocycles. The third kappa shape index (κ3) is 9.28. The van der Waals surface area contributed by atoms with Gasteiger partial charge in [0.25, 0.3) is 0 Å². The fourth-order valence-electron chi connectivity index (χ4n) is 2.74. The van der Waals surface area contributed by atoms with Crippen LogP contribution in [0.2, 0.25) is 0 Å². The minimum Gasteiger partial charge on any atom is -0.495 e. The van der Waals surface area contributed by atoms with E-state index >= 15 is 0 Å². The third-order valence-electron chi connectivity index (χ3n) is 3.99. The lowest BCUT2D eigenvalue weighted by atomic mass is 10.2. The number of nitrogens with one attached hydrogen (secondary N) is 1. The van der Waals surface area contributed by atoms with Crippen LogP contribution in [0.4, 0.5) is 11.4 Å². The number of rotatable bonds is 13. The summed E-state index contributed by atoms with van der Waals surface area (Å²) in [4.78, 5) is 24.5. The van der Waals surface area contributed by atoms with E-state index in [1.165, 1.54) is 13.8 Å².